The fourth-order valence-corrected chi connectivity index (χ4v) is 1.92. The number of nitrogens with zero attached hydrogens (tertiary/aromatic N) is 1. The van der Waals surface area contributed by atoms with Gasteiger partial charge in [-0.15, -0.1) is 13.2 Å². The molecule has 0 amide bonds. The number of aromatic nitrogens is 1. The summed E-state index contributed by atoms with van der Waals surface area (Å²) in [5.74, 6) is -2.09. The summed E-state index contributed by atoms with van der Waals surface area (Å²) in [4.78, 5) is 11.0. The zero-order valence-electron chi connectivity index (χ0n) is 9.95. The Labute approximate surface area is 110 Å². The van der Waals surface area contributed by atoms with Crippen molar-refractivity contribution in [1.82, 2.24) is 4.57 Å². The molecule has 0 aliphatic heterocycles. The van der Waals surface area contributed by atoms with Crippen LogP contribution in [0.4, 0.5) is 17.6 Å². The van der Waals surface area contributed by atoms with Gasteiger partial charge in [0.1, 0.15) is 5.82 Å². The topological polar surface area (TPSA) is 51.5 Å². The zero-order chi connectivity index (χ0) is 14.9. The lowest BCUT2D eigenvalue weighted by Crippen LogP contribution is -2.17. The average molecular weight is 291 g/mol. The van der Waals surface area contributed by atoms with Crippen molar-refractivity contribution in [3.05, 3.63) is 35.8 Å². The van der Waals surface area contributed by atoms with Crippen LogP contribution in [-0.2, 0) is 11.3 Å². The molecule has 1 aromatic heterocycles. The third kappa shape index (κ3) is 2.90. The zero-order valence-corrected chi connectivity index (χ0v) is 9.95. The molecule has 0 aliphatic carbocycles. The van der Waals surface area contributed by atoms with Crippen LogP contribution in [0.1, 0.15) is 10.4 Å². The van der Waals surface area contributed by atoms with Crippen molar-refractivity contribution in [3.8, 4) is 0 Å². The Morgan fingerprint density at radius 2 is 2.05 bits per heavy atom. The molecule has 0 radical (unpaired) electrons. The number of carbonyl (C=O) groups is 1. The maximum absolute atomic E-state index is 13.6. The maximum Gasteiger partial charge on any atom is 0.522 e. The maximum atomic E-state index is 13.6. The molecule has 4 nitrogen and oxygen atoms in total. The van der Waals surface area contributed by atoms with E-state index in [0.717, 1.165) is 12.3 Å². The summed E-state index contributed by atoms with van der Waals surface area (Å²) in [5.41, 5.74) is -0.0988. The second-order valence-corrected chi connectivity index (χ2v) is 3.97. The highest BCUT2D eigenvalue weighted by molar-refractivity contribution is 6.03. The number of rotatable bonds is 4. The summed E-state index contributed by atoms with van der Waals surface area (Å²) in [6.45, 7) is -0.935. The van der Waals surface area contributed by atoms with Crippen LogP contribution < -0.4 is 0 Å². The van der Waals surface area contributed by atoms with Gasteiger partial charge in [0.15, 0.2) is 0 Å². The molecule has 1 heterocycles. The van der Waals surface area contributed by atoms with Crippen molar-refractivity contribution in [2.75, 3.05) is 6.61 Å². The lowest BCUT2D eigenvalue weighted by Gasteiger charge is -2.08. The van der Waals surface area contributed by atoms with Gasteiger partial charge in [0.05, 0.1) is 17.7 Å². The molecule has 0 spiro atoms. The third-order valence-electron chi connectivity index (χ3n) is 2.68. The highest BCUT2D eigenvalue weighted by atomic mass is 19.4. The first-order valence-corrected chi connectivity index (χ1v) is 5.51. The van der Waals surface area contributed by atoms with Gasteiger partial charge in [0.2, 0.25) is 0 Å². The minimum absolute atomic E-state index is 0.132. The number of benzene rings is 1. The molecule has 108 valence electrons. The molecular weight excluding hydrogens is 282 g/mol. The van der Waals surface area contributed by atoms with E-state index in [9.17, 15) is 22.4 Å². The Morgan fingerprint density at radius 3 is 2.65 bits per heavy atom. The molecule has 0 saturated carbocycles. The lowest BCUT2D eigenvalue weighted by atomic mass is 10.1. The summed E-state index contributed by atoms with van der Waals surface area (Å²) >= 11 is 0. The molecule has 20 heavy (non-hydrogen) atoms. The second-order valence-electron chi connectivity index (χ2n) is 3.97. The van der Waals surface area contributed by atoms with Gasteiger partial charge in [-0.3, -0.25) is 4.74 Å². The van der Waals surface area contributed by atoms with E-state index in [2.05, 4.69) is 4.74 Å². The van der Waals surface area contributed by atoms with Crippen molar-refractivity contribution in [2.24, 2.45) is 0 Å². The smallest absolute Gasteiger partial charge is 0.478 e. The Balaban J connectivity index is 2.35. The quantitative estimate of drug-likeness (QED) is 0.881. The van der Waals surface area contributed by atoms with Crippen LogP contribution in [-0.4, -0.2) is 28.6 Å². The molecule has 0 unspecified atom stereocenters. The third-order valence-corrected chi connectivity index (χ3v) is 2.68. The van der Waals surface area contributed by atoms with E-state index >= 15 is 0 Å². The number of hydrogen-bond donors (Lipinski definition) is 1. The van der Waals surface area contributed by atoms with E-state index in [4.69, 9.17) is 5.11 Å². The van der Waals surface area contributed by atoms with Crippen molar-refractivity contribution in [2.45, 2.75) is 12.9 Å². The van der Waals surface area contributed by atoms with Gasteiger partial charge in [0, 0.05) is 18.1 Å². The Kier molecular flexibility index (Phi) is 3.67. The molecule has 1 N–H and O–H groups in total. The van der Waals surface area contributed by atoms with E-state index in [1.54, 1.807) is 0 Å². The molecule has 2 aromatic rings. The summed E-state index contributed by atoms with van der Waals surface area (Å²) in [6, 6.07) is 3.87. The lowest BCUT2D eigenvalue weighted by molar-refractivity contribution is -0.325. The molecule has 1 aromatic carbocycles. The van der Waals surface area contributed by atoms with Crippen molar-refractivity contribution in [1.29, 1.82) is 0 Å². The Bertz CT molecular complexity index is 648. The average Bonchev–Trinajstić information content (AvgIpc) is 2.68. The van der Waals surface area contributed by atoms with Gasteiger partial charge < -0.3 is 9.67 Å². The van der Waals surface area contributed by atoms with E-state index in [0.29, 0.717) is 0 Å². The van der Waals surface area contributed by atoms with E-state index in [1.807, 2.05) is 0 Å². The van der Waals surface area contributed by atoms with Gasteiger partial charge in [-0.05, 0) is 12.1 Å². The minimum atomic E-state index is -4.76. The fraction of sp³-hybridized carbons (Fsp3) is 0.250. The monoisotopic (exact) mass is 291 g/mol. The van der Waals surface area contributed by atoms with Crippen molar-refractivity contribution < 1.29 is 32.2 Å². The standard InChI is InChI=1S/C12H9F4NO3/c13-8-2-1-3-9-10(8)7(11(18)19)6-17(9)4-5-20-12(14,15)16/h1-3,6H,4-5H2,(H,18,19). The Morgan fingerprint density at radius 1 is 1.35 bits per heavy atom. The molecule has 0 saturated heterocycles. The number of halogens is 4. The molecular formula is C12H9F4NO3. The number of hydrogen-bond acceptors (Lipinski definition) is 2. The number of fused-ring (bicyclic) bond motifs is 1. The SMILES string of the molecule is O=C(O)c1cn(CCOC(F)(F)F)c2cccc(F)c12. The first-order valence-electron chi connectivity index (χ1n) is 5.51. The summed E-state index contributed by atoms with van der Waals surface area (Å²) in [6.07, 6.45) is -3.67. The van der Waals surface area contributed by atoms with Crippen LogP contribution in [0.5, 0.6) is 0 Å². The number of aromatic carboxylic acids is 1. The highest BCUT2D eigenvalue weighted by Gasteiger charge is 2.28. The number of carboxylic acids is 1. The number of alkyl halides is 3. The van der Waals surface area contributed by atoms with Gasteiger partial charge in [-0.25, -0.2) is 9.18 Å². The second kappa shape index (κ2) is 5.12. The molecule has 0 bridgehead atoms. The molecule has 0 fully saturated rings. The van der Waals surface area contributed by atoms with Crippen LogP contribution in [0, 0.1) is 5.82 Å². The minimum Gasteiger partial charge on any atom is -0.478 e. The van der Waals surface area contributed by atoms with Crippen LogP contribution in [0.3, 0.4) is 0 Å². The van der Waals surface area contributed by atoms with E-state index in [-0.39, 0.29) is 23.0 Å². The van der Waals surface area contributed by atoms with Crippen LogP contribution in [0.15, 0.2) is 24.4 Å². The molecule has 8 heteroatoms. The van der Waals surface area contributed by atoms with Crippen LogP contribution in [0.25, 0.3) is 10.9 Å². The first-order chi connectivity index (χ1) is 9.29. The summed E-state index contributed by atoms with van der Waals surface area (Å²) in [7, 11) is 0. The van der Waals surface area contributed by atoms with Crippen LogP contribution >= 0.6 is 0 Å². The van der Waals surface area contributed by atoms with Crippen molar-refractivity contribution in [3.63, 3.8) is 0 Å². The van der Waals surface area contributed by atoms with Crippen molar-refractivity contribution >= 4 is 16.9 Å². The highest BCUT2D eigenvalue weighted by Crippen LogP contribution is 2.25. The number of carboxylic acid groups (broad SMARTS) is 1. The molecule has 0 atom stereocenters. The molecule has 2 rings (SSSR count). The van der Waals surface area contributed by atoms with Crippen LogP contribution in [0.2, 0.25) is 0 Å². The Hall–Kier alpha value is -2.09. The largest absolute Gasteiger partial charge is 0.522 e. The van der Waals surface area contributed by atoms with Gasteiger partial charge >= 0.3 is 12.3 Å². The summed E-state index contributed by atoms with van der Waals surface area (Å²) < 4.78 is 54.1. The summed E-state index contributed by atoms with van der Waals surface area (Å²) in [5, 5.41) is 8.85. The van der Waals surface area contributed by atoms with E-state index in [1.165, 1.54) is 16.7 Å². The van der Waals surface area contributed by atoms with Gasteiger partial charge in [-0.2, -0.15) is 0 Å². The van der Waals surface area contributed by atoms with Gasteiger partial charge in [-0.1, -0.05) is 6.07 Å². The number of ether oxygens (including phenoxy) is 1. The predicted octanol–water partition coefficient (Wildman–Crippen LogP) is 3.02. The van der Waals surface area contributed by atoms with E-state index < -0.39 is 24.8 Å². The fourth-order valence-electron chi connectivity index (χ4n) is 1.92. The molecule has 0 aliphatic rings. The predicted molar refractivity (Wildman–Crippen MR) is 60.9 cm³/mol. The van der Waals surface area contributed by atoms with Gasteiger partial charge in [0.25, 0.3) is 0 Å². The normalized spacial score (nSPS) is 12.0. The first kappa shape index (κ1) is 14.3.